The van der Waals surface area contributed by atoms with Crippen LogP contribution in [0.15, 0.2) is 41.6 Å². The molecule has 0 saturated carbocycles. The Balaban J connectivity index is 1.68. The summed E-state index contributed by atoms with van der Waals surface area (Å²) < 4.78 is 0. The van der Waals surface area contributed by atoms with E-state index in [4.69, 9.17) is 0 Å². The van der Waals surface area contributed by atoms with Gasteiger partial charge in [0, 0.05) is 11.5 Å². The second-order valence-electron chi connectivity index (χ2n) is 6.01. The molecule has 2 amide bonds. The van der Waals surface area contributed by atoms with Gasteiger partial charge < -0.3 is 10.4 Å². The number of nitrogens with zero attached hydrogens (tertiary/aromatic N) is 1. The van der Waals surface area contributed by atoms with Gasteiger partial charge in [-0.1, -0.05) is 37.3 Å². The zero-order valence-corrected chi connectivity index (χ0v) is 15.9. The Kier molecular flexibility index (Phi) is 5.93. The van der Waals surface area contributed by atoms with Crippen molar-refractivity contribution in [3.63, 3.8) is 0 Å². The molecule has 6 nitrogen and oxygen atoms in total. The Morgan fingerprint density at radius 3 is 2.73 bits per heavy atom. The minimum absolute atomic E-state index is 0.0910. The molecule has 0 aromatic heterocycles. The molecule has 3 rings (SSSR count). The molecule has 26 heavy (non-hydrogen) atoms. The lowest BCUT2D eigenvalue weighted by molar-refractivity contribution is -0.150. The number of rotatable bonds is 7. The molecule has 1 saturated heterocycles. The molecule has 1 unspecified atom stereocenters. The Morgan fingerprint density at radius 1 is 1.35 bits per heavy atom. The number of hydrogen-bond donors (Lipinski definition) is 2. The maximum absolute atomic E-state index is 12.5. The number of aliphatic carboxylic acids is 1. The summed E-state index contributed by atoms with van der Waals surface area (Å²) in [5.41, 5.74) is 1.73. The fourth-order valence-electron chi connectivity index (χ4n) is 3.03. The normalized spacial score (nSPS) is 21.9. The highest BCUT2D eigenvalue weighted by molar-refractivity contribution is 8.01. The summed E-state index contributed by atoms with van der Waals surface area (Å²) in [6.07, 6.45) is 0.196. The molecular weight excluding hydrogens is 372 g/mol. The molecule has 2 N–H and O–H groups in total. The van der Waals surface area contributed by atoms with E-state index >= 15 is 0 Å². The summed E-state index contributed by atoms with van der Waals surface area (Å²) in [5.74, 6) is 0.393. The first kappa shape index (κ1) is 18.8. The highest BCUT2D eigenvalue weighted by Crippen LogP contribution is 2.41. The van der Waals surface area contributed by atoms with Crippen molar-refractivity contribution in [1.82, 2.24) is 10.2 Å². The van der Waals surface area contributed by atoms with E-state index in [1.807, 2.05) is 37.3 Å². The number of hydrogen-bond acceptors (Lipinski definition) is 5. The molecule has 2 aliphatic heterocycles. The minimum atomic E-state index is -1.08. The summed E-state index contributed by atoms with van der Waals surface area (Å²) >= 11 is 3.14. The van der Waals surface area contributed by atoms with Crippen LogP contribution in [0.25, 0.3) is 0 Å². The smallest absolute Gasteiger partial charge is 0.352 e. The number of carbonyl (C=O) groups is 3. The molecule has 0 spiro atoms. The summed E-state index contributed by atoms with van der Waals surface area (Å²) in [7, 11) is 0. The van der Waals surface area contributed by atoms with Gasteiger partial charge in [0.15, 0.2) is 0 Å². The summed E-state index contributed by atoms with van der Waals surface area (Å²) in [4.78, 5) is 37.8. The van der Waals surface area contributed by atoms with Crippen molar-refractivity contribution < 1.29 is 19.5 Å². The van der Waals surface area contributed by atoms with Crippen LogP contribution in [0.4, 0.5) is 0 Å². The lowest BCUT2D eigenvalue weighted by Gasteiger charge is -2.49. The van der Waals surface area contributed by atoms with E-state index in [0.717, 1.165) is 16.9 Å². The van der Waals surface area contributed by atoms with Gasteiger partial charge in [0.25, 0.3) is 5.91 Å². The predicted molar refractivity (Wildman–Crippen MR) is 103 cm³/mol. The Morgan fingerprint density at radius 2 is 2.08 bits per heavy atom. The largest absolute Gasteiger partial charge is 0.477 e. The average molecular weight is 393 g/mol. The molecule has 138 valence electrons. The van der Waals surface area contributed by atoms with E-state index in [9.17, 15) is 19.5 Å². The van der Waals surface area contributed by atoms with Gasteiger partial charge in [-0.05, 0) is 16.9 Å². The van der Waals surface area contributed by atoms with Gasteiger partial charge in [0.2, 0.25) is 5.91 Å². The summed E-state index contributed by atoms with van der Waals surface area (Å²) in [5, 5.41) is 12.0. The van der Waals surface area contributed by atoms with Gasteiger partial charge in [0.1, 0.15) is 17.1 Å². The van der Waals surface area contributed by atoms with Crippen molar-refractivity contribution >= 4 is 41.3 Å². The lowest BCUT2D eigenvalue weighted by Crippen LogP contribution is -2.70. The number of thioether (sulfide) groups is 2. The van der Waals surface area contributed by atoms with Gasteiger partial charge in [-0.15, -0.1) is 11.8 Å². The zero-order valence-electron chi connectivity index (χ0n) is 14.3. The van der Waals surface area contributed by atoms with E-state index in [0.29, 0.717) is 11.5 Å². The third kappa shape index (κ3) is 3.76. The van der Waals surface area contributed by atoms with E-state index < -0.39 is 12.0 Å². The van der Waals surface area contributed by atoms with Crippen LogP contribution in [-0.4, -0.2) is 56.5 Å². The summed E-state index contributed by atoms with van der Waals surface area (Å²) in [6.45, 7) is 2.01. The van der Waals surface area contributed by atoms with Crippen molar-refractivity contribution in [2.45, 2.75) is 24.8 Å². The number of carbonyl (C=O) groups excluding carboxylic acids is 2. The second-order valence-corrected chi connectivity index (χ2v) is 8.39. The van der Waals surface area contributed by atoms with Crippen LogP contribution >= 0.6 is 23.5 Å². The third-order valence-corrected chi connectivity index (χ3v) is 6.55. The molecule has 1 fully saturated rings. The lowest BCUT2D eigenvalue weighted by atomic mass is 10.0. The van der Waals surface area contributed by atoms with E-state index in [2.05, 4.69) is 5.32 Å². The molecule has 0 bridgehead atoms. The fraction of sp³-hybridized carbons (Fsp3) is 0.389. The number of amides is 2. The highest BCUT2D eigenvalue weighted by atomic mass is 32.2. The van der Waals surface area contributed by atoms with E-state index in [1.165, 1.54) is 16.7 Å². The maximum Gasteiger partial charge on any atom is 0.352 e. The average Bonchev–Trinajstić information content (AvgIpc) is 2.64. The van der Waals surface area contributed by atoms with Crippen molar-refractivity contribution in [3.05, 3.63) is 47.2 Å². The fourth-order valence-corrected chi connectivity index (χ4v) is 5.19. The third-order valence-electron chi connectivity index (χ3n) is 4.25. The molecule has 2 atom stereocenters. The SMILES string of the molecule is CCSCC1=C(C(=O)O)N2C(=O)C(NC(=O)Cc3ccccc3)[C@@H]2SC1. The molecule has 0 aliphatic carbocycles. The molecule has 2 aliphatic rings. The topological polar surface area (TPSA) is 86.7 Å². The number of carboxylic acids is 1. The number of benzene rings is 1. The minimum Gasteiger partial charge on any atom is -0.477 e. The van der Waals surface area contributed by atoms with Crippen LogP contribution < -0.4 is 5.32 Å². The van der Waals surface area contributed by atoms with Crippen LogP contribution in [-0.2, 0) is 20.8 Å². The first-order valence-corrected chi connectivity index (χ1v) is 10.5. The van der Waals surface area contributed by atoms with Gasteiger partial charge in [0.05, 0.1) is 6.42 Å². The quantitative estimate of drug-likeness (QED) is 0.687. The zero-order chi connectivity index (χ0) is 18.7. The number of β-lactam (4-membered cyclic amide) rings is 1. The van der Waals surface area contributed by atoms with Crippen LogP contribution in [0.2, 0.25) is 0 Å². The van der Waals surface area contributed by atoms with Crippen molar-refractivity contribution in [1.29, 1.82) is 0 Å². The van der Waals surface area contributed by atoms with Crippen LogP contribution in [0, 0.1) is 0 Å². The first-order valence-electron chi connectivity index (χ1n) is 8.34. The number of nitrogens with one attached hydrogen (secondary N) is 1. The molecule has 1 aromatic rings. The molecular formula is C18H20N2O4S2. The Labute approximate surface area is 160 Å². The Bertz CT molecular complexity index is 751. The van der Waals surface area contributed by atoms with Crippen molar-refractivity contribution in [2.75, 3.05) is 17.3 Å². The van der Waals surface area contributed by atoms with Crippen LogP contribution in [0.1, 0.15) is 12.5 Å². The van der Waals surface area contributed by atoms with Crippen LogP contribution in [0.3, 0.4) is 0 Å². The monoisotopic (exact) mass is 392 g/mol. The van der Waals surface area contributed by atoms with Gasteiger partial charge in [-0.3, -0.25) is 14.5 Å². The van der Waals surface area contributed by atoms with Gasteiger partial charge in [-0.2, -0.15) is 11.8 Å². The second kappa shape index (κ2) is 8.18. The van der Waals surface area contributed by atoms with Gasteiger partial charge >= 0.3 is 5.97 Å². The highest BCUT2D eigenvalue weighted by Gasteiger charge is 2.54. The van der Waals surface area contributed by atoms with Crippen molar-refractivity contribution in [3.8, 4) is 0 Å². The standard InChI is InChI=1S/C18H20N2O4S2/c1-2-25-9-12-10-26-17-14(16(22)20(17)15(12)18(23)24)19-13(21)8-11-6-4-3-5-7-11/h3-7,14,17H,2,8-10H2,1H3,(H,19,21)(H,23,24)/t14?,17-/m0/s1. The van der Waals surface area contributed by atoms with E-state index in [-0.39, 0.29) is 29.3 Å². The number of carboxylic acid groups (broad SMARTS) is 1. The molecule has 0 radical (unpaired) electrons. The summed E-state index contributed by atoms with van der Waals surface area (Å²) in [6, 6.07) is 8.64. The maximum atomic E-state index is 12.5. The van der Waals surface area contributed by atoms with Crippen LogP contribution in [0.5, 0.6) is 0 Å². The van der Waals surface area contributed by atoms with E-state index in [1.54, 1.807) is 11.8 Å². The molecule has 2 heterocycles. The molecule has 1 aromatic carbocycles. The Hall–Kier alpha value is -1.93. The number of fused-ring (bicyclic) bond motifs is 1. The first-order chi connectivity index (χ1) is 12.5. The van der Waals surface area contributed by atoms with Gasteiger partial charge in [-0.25, -0.2) is 4.79 Å². The molecule has 8 heteroatoms. The van der Waals surface area contributed by atoms with Crippen molar-refractivity contribution in [2.24, 2.45) is 0 Å². The predicted octanol–water partition coefficient (Wildman–Crippen LogP) is 1.72.